The van der Waals surface area contributed by atoms with Gasteiger partial charge in [-0.2, -0.15) is 0 Å². The van der Waals surface area contributed by atoms with Crippen LogP contribution in [0.25, 0.3) is 0 Å². The molecule has 4 rings (SSSR count). The maximum absolute atomic E-state index is 12.7. The number of hydrogen-bond donors (Lipinski definition) is 1. The maximum Gasteiger partial charge on any atom is 0.252 e. The number of rotatable bonds is 2. The van der Waals surface area contributed by atoms with E-state index in [1.807, 2.05) is 17.0 Å². The smallest absolute Gasteiger partial charge is 0.252 e. The number of imide groups is 1. The molecule has 1 aromatic rings. The number of aliphatic hydroxyl groups is 1. The van der Waals surface area contributed by atoms with Gasteiger partial charge in [0.15, 0.2) is 0 Å². The average Bonchev–Trinajstić information content (AvgIpc) is 2.90. The third kappa shape index (κ3) is 2.11. The minimum absolute atomic E-state index is 0.140. The zero-order chi connectivity index (χ0) is 16.2. The Kier molecular flexibility index (Phi) is 3.26. The van der Waals surface area contributed by atoms with Crippen LogP contribution in [0.1, 0.15) is 12.0 Å². The van der Waals surface area contributed by atoms with Crippen LogP contribution < -0.4 is 0 Å². The van der Waals surface area contributed by atoms with E-state index in [9.17, 15) is 14.7 Å². The first-order chi connectivity index (χ1) is 11.0. The fourth-order valence-electron chi connectivity index (χ4n) is 4.15. The van der Waals surface area contributed by atoms with Crippen molar-refractivity contribution in [2.45, 2.75) is 30.7 Å². The molecule has 1 N–H and O–H groups in total. The SMILES string of the molecule is CN1C(=O)[C@@H]2C[C@@H](O)CN2C2(CN(Cc3ccncc3)C2)C1=O. The summed E-state index contributed by atoms with van der Waals surface area (Å²) in [5, 5.41) is 9.96. The van der Waals surface area contributed by atoms with E-state index in [-0.39, 0.29) is 17.9 Å². The third-order valence-corrected chi connectivity index (χ3v) is 5.27. The molecule has 3 aliphatic rings. The summed E-state index contributed by atoms with van der Waals surface area (Å²) >= 11 is 0. The molecular formula is C16H20N4O3. The van der Waals surface area contributed by atoms with Crippen molar-refractivity contribution in [3.63, 3.8) is 0 Å². The van der Waals surface area contributed by atoms with Crippen LogP contribution >= 0.6 is 0 Å². The van der Waals surface area contributed by atoms with Crippen molar-refractivity contribution in [2.75, 3.05) is 26.7 Å². The van der Waals surface area contributed by atoms with Crippen LogP contribution in [0.2, 0.25) is 0 Å². The van der Waals surface area contributed by atoms with Gasteiger partial charge in [0.25, 0.3) is 5.91 Å². The summed E-state index contributed by atoms with van der Waals surface area (Å²) in [4.78, 5) is 34.4. The van der Waals surface area contributed by atoms with Crippen molar-refractivity contribution in [3.05, 3.63) is 30.1 Å². The largest absolute Gasteiger partial charge is 0.392 e. The average molecular weight is 316 g/mol. The lowest BCUT2D eigenvalue weighted by Gasteiger charge is -2.58. The fraction of sp³-hybridized carbons (Fsp3) is 0.562. The summed E-state index contributed by atoms with van der Waals surface area (Å²) in [6, 6.07) is 3.56. The minimum atomic E-state index is -0.655. The minimum Gasteiger partial charge on any atom is -0.392 e. The molecule has 3 aliphatic heterocycles. The van der Waals surface area contributed by atoms with E-state index in [0.717, 1.165) is 12.1 Å². The zero-order valence-electron chi connectivity index (χ0n) is 13.1. The molecule has 7 nitrogen and oxygen atoms in total. The topological polar surface area (TPSA) is 77.0 Å². The predicted octanol–water partition coefficient (Wildman–Crippen LogP) is -0.930. The maximum atomic E-state index is 12.7. The molecule has 3 fully saturated rings. The molecule has 3 saturated heterocycles. The number of β-amino-alcohol motifs (C(OH)–C–C–N with tert-alkyl or cyclic N) is 1. The lowest BCUT2D eigenvalue weighted by Crippen LogP contribution is -2.80. The Morgan fingerprint density at radius 3 is 2.70 bits per heavy atom. The number of likely N-dealkylation sites (tertiary alicyclic amines) is 1. The second kappa shape index (κ2) is 5.09. The summed E-state index contributed by atoms with van der Waals surface area (Å²) in [7, 11) is 1.56. The Labute approximate surface area is 134 Å². The van der Waals surface area contributed by atoms with Crippen LogP contribution in [0.3, 0.4) is 0 Å². The Hall–Kier alpha value is -1.83. The lowest BCUT2D eigenvalue weighted by molar-refractivity contribution is -0.178. The van der Waals surface area contributed by atoms with Gasteiger partial charge in [-0.15, -0.1) is 0 Å². The van der Waals surface area contributed by atoms with E-state index in [1.54, 1.807) is 19.4 Å². The number of piperazine rings is 1. The summed E-state index contributed by atoms with van der Waals surface area (Å²) in [6.07, 6.45) is 3.41. The van der Waals surface area contributed by atoms with Crippen molar-refractivity contribution < 1.29 is 14.7 Å². The van der Waals surface area contributed by atoms with Crippen molar-refractivity contribution in [3.8, 4) is 0 Å². The van der Waals surface area contributed by atoms with Crippen LogP contribution in [-0.2, 0) is 16.1 Å². The summed E-state index contributed by atoms with van der Waals surface area (Å²) in [5.74, 6) is -0.330. The van der Waals surface area contributed by atoms with Gasteiger partial charge in [-0.3, -0.25) is 29.3 Å². The molecule has 1 spiro atoms. The monoisotopic (exact) mass is 316 g/mol. The highest BCUT2D eigenvalue weighted by Crippen LogP contribution is 2.40. The third-order valence-electron chi connectivity index (χ3n) is 5.27. The molecule has 4 heterocycles. The van der Waals surface area contributed by atoms with Gasteiger partial charge >= 0.3 is 0 Å². The van der Waals surface area contributed by atoms with Crippen LogP contribution in [0.5, 0.6) is 0 Å². The number of carbonyl (C=O) groups is 2. The zero-order valence-corrected chi connectivity index (χ0v) is 13.1. The van der Waals surface area contributed by atoms with Gasteiger partial charge in [0.2, 0.25) is 5.91 Å². The predicted molar refractivity (Wildman–Crippen MR) is 81.1 cm³/mol. The summed E-state index contributed by atoms with van der Waals surface area (Å²) in [5.41, 5.74) is 0.498. The molecule has 0 bridgehead atoms. The Morgan fingerprint density at radius 2 is 2.00 bits per heavy atom. The molecule has 122 valence electrons. The van der Waals surface area contributed by atoms with E-state index >= 15 is 0 Å². The first kappa shape index (κ1) is 14.7. The van der Waals surface area contributed by atoms with Crippen LogP contribution in [-0.4, -0.2) is 81.0 Å². The van der Waals surface area contributed by atoms with Gasteiger partial charge in [-0.1, -0.05) is 0 Å². The van der Waals surface area contributed by atoms with Crippen LogP contribution in [0.4, 0.5) is 0 Å². The van der Waals surface area contributed by atoms with Gasteiger partial charge in [-0.25, -0.2) is 0 Å². The number of hydrogen-bond acceptors (Lipinski definition) is 6. The highest BCUT2D eigenvalue weighted by atomic mass is 16.3. The normalized spacial score (nSPS) is 30.6. The molecule has 0 aromatic carbocycles. The fourth-order valence-corrected chi connectivity index (χ4v) is 4.15. The molecule has 0 radical (unpaired) electrons. The quantitative estimate of drug-likeness (QED) is 0.711. The number of aliphatic hydroxyl groups excluding tert-OH is 1. The number of aromatic nitrogens is 1. The van der Waals surface area contributed by atoms with E-state index < -0.39 is 11.6 Å². The van der Waals surface area contributed by atoms with Gasteiger partial charge < -0.3 is 5.11 Å². The number of nitrogens with zero attached hydrogens (tertiary/aromatic N) is 4. The van der Waals surface area contributed by atoms with E-state index in [1.165, 1.54) is 4.90 Å². The molecule has 0 saturated carbocycles. The first-order valence-corrected chi connectivity index (χ1v) is 7.89. The summed E-state index contributed by atoms with van der Waals surface area (Å²) < 4.78 is 0. The number of carbonyl (C=O) groups excluding carboxylic acids is 2. The standard InChI is InChI=1S/C16H20N4O3/c1-18-14(22)13-6-12(21)8-20(13)16(15(18)23)9-19(10-16)7-11-2-4-17-5-3-11/h2-5,12-13,21H,6-10H2,1H3/t12-,13+/m1/s1. The molecule has 23 heavy (non-hydrogen) atoms. The van der Waals surface area contributed by atoms with Gasteiger partial charge in [0.1, 0.15) is 5.54 Å². The van der Waals surface area contributed by atoms with Gasteiger partial charge in [-0.05, 0) is 24.1 Å². The van der Waals surface area contributed by atoms with E-state index in [2.05, 4.69) is 9.88 Å². The van der Waals surface area contributed by atoms with Crippen molar-refractivity contribution in [1.29, 1.82) is 0 Å². The Morgan fingerprint density at radius 1 is 1.30 bits per heavy atom. The Balaban J connectivity index is 1.54. The molecule has 2 amide bonds. The van der Waals surface area contributed by atoms with Crippen molar-refractivity contribution in [2.24, 2.45) is 0 Å². The molecule has 7 heteroatoms. The number of likely N-dealkylation sites (N-methyl/N-ethyl adjacent to an activating group) is 1. The molecular weight excluding hydrogens is 296 g/mol. The Bertz CT molecular complexity index is 644. The molecule has 0 aliphatic carbocycles. The van der Waals surface area contributed by atoms with Crippen molar-refractivity contribution >= 4 is 11.8 Å². The second-order valence-corrected chi connectivity index (χ2v) is 6.79. The van der Waals surface area contributed by atoms with Crippen molar-refractivity contribution in [1.82, 2.24) is 19.7 Å². The highest BCUT2D eigenvalue weighted by Gasteiger charge is 2.63. The lowest BCUT2D eigenvalue weighted by atomic mass is 9.82. The van der Waals surface area contributed by atoms with Gasteiger partial charge in [0.05, 0.1) is 12.1 Å². The molecule has 0 unspecified atom stereocenters. The van der Waals surface area contributed by atoms with E-state index in [4.69, 9.17) is 0 Å². The number of fused-ring (bicyclic) bond motifs is 2. The molecule has 2 atom stereocenters. The number of pyridine rings is 1. The van der Waals surface area contributed by atoms with Gasteiger partial charge in [0, 0.05) is 45.6 Å². The molecule has 1 aromatic heterocycles. The van der Waals surface area contributed by atoms with Crippen LogP contribution in [0.15, 0.2) is 24.5 Å². The second-order valence-electron chi connectivity index (χ2n) is 6.79. The summed E-state index contributed by atoms with van der Waals surface area (Å²) in [6.45, 7) is 2.35. The highest BCUT2D eigenvalue weighted by molar-refractivity contribution is 6.05. The number of amides is 2. The first-order valence-electron chi connectivity index (χ1n) is 7.89. The van der Waals surface area contributed by atoms with Crippen LogP contribution in [0, 0.1) is 0 Å². The van der Waals surface area contributed by atoms with E-state index in [0.29, 0.717) is 26.1 Å².